The molecule has 1 fully saturated rings. The van der Waals surface area contributed by atoms with Crippen molar-refractivity contribution in [1.82, 2.24) is 0 Å². The highest BCUT2D eigenvalue weighted by molar-refractivity contribution is 6.45. The summed E-state index contributed by atoms with van der Waals surface area (Å²) < 4.78 is 5.92. The number of hydrogen-bond donors (Lipinski definition) is 0. The van der Waals surface area contributed by atoms with Gasteiger partial charge in [-0.1, -0.05) is 44.9 Å². The van der Waals surface area contributed by atoms with Crippen LogP contribution in [-0.4, -0.2) is 23.8 Å². The van der Waals surface area contributed by atoms with E-state index in [0.717, 1.165) is 25.9 Å². The van der Waals surface area contributed by atoms with Gasteiger partial charge in [0.05, 0.1) is 12.0 Å². The molecule has 0 amide bonds. The van der Waals surface area contributed by atoms with Crippen LogP contribution in [0.5, 0.6) is 0 Å². The minimum absolute atomic E-state index is 0.319. The molecule has 1 saturated carbocycles. The molecule has 1 rings (SSSR count). The van der Waals surface area contributed by atoms with E-state index < -0.39 is 4.84 Å². The quantitative estimate of drug-likeness (QED) is 0.272. The Hall–Kier alpha value is 0.210. The van der Waals surface area contributed by atoms with Gasteiger partial charge in [-0.25, -0.2) is 0 Å². The molecular weight excluding hydrogens is 331 g/mol. The van der Waals surface area contributed by atoms with Crippen molar-refractivity contribution >= 4 is 29.5 Å². The van der Waals surface area contributed by atoms with Gasteiger partial charge in [0.15, 0.2) is 0 Å². The maximum atomic E-state index is 10.6. The van der Waals surface area contributed by atoms with Crippen LogP contribution < -0.4 is 0 Å². The Balaban J connectivity index is 1.78. The van der Waals surface area contributed by atoms with Crippen LogP contribution in [0, 0.1) is 12.3 Å². The first-order chi connectivity index (χ1) is 11.2. The number of halogens is 2. The van der Waals surface area contributed by atoms with Gasteiger partial charge in [0.2, 0.25) is 6.29 Å². The highest BCUT2D eigenvalue weighted by Crippen LogP contribution is 2.21. The maximum absolute atomic E-state index is 10.6. The minimum Gasteiger partial charge on any atom is -0.378 e. The third kappa shape index (κ3) is 11.4. The molecule has 4 heteroatoms. The fourth-order valence-corrected chi connectivity index (χ4v) is 3.43. The Kier molecular flexibility index (Phi) is 13.4. The summed E-state index contributed by atoms with van der Waals surface area (Å²) in [6.45, 7) is 0.937. The summed E-state index contributed by atoms with van der Waals surface area (Å²) in [6, 6.07) is 0. The van der Waals surface area contributed by atoms with Gasteiger partial charge in [-0.3, -0.25) is 4.79 Å². The molecule has 23 heavy (non-hydrogen) atoms. The van der Waals surface area contributed by atoms with Gasteiger partial charge in [-0.15, -0.1) is 23.2 Å². The Morgan fingerprint density at radius 2 is 1.52 bits per heavy atom. The van der Waals surface area contributed by atoms with Crippen molar-refractivity contribution in [1.29, 1.82) is 0 Å². The van der Waals surface area contributed by atoms with Gasteiger partial charge in [0.1, 0.15) is 4.84 Å². The first-order valence-corrected chi connectivity index (χ1v) is 10.2. The molecule has 0 N–H and O–H groups in total. The second kappa shape index (κ2) is 14.5. The van der Waals surface area contributed by atoms with Crippen LogP contribution in [0.15, 0.2) is 0 Å². The zero-order valence-corrected chi connectivity index (χ0v) is 15.8. The van der Waals surface area contributed by atoms with Crippen LogP contribution in [0.25, 0.3) is 0 Å². The van der Waals surface area contributed by atoms with E-state index in [1.54, 1.807) is 0 Å². The van der Waals surface area contributed by atoms with Crippen molar-refractivity contribution in [3.8, 4) is 0 Å². The maximum Gasteiger partial charge on any atom is 0.204 e. The third-order valence-electron chi connectivity index (χ3n) is 4.60. The van der Waals surface area contributed by atoms with Crippen LogP contribution in [0.1, 0.15) is 83.5 Å². The highest BCUT2D eigenvalue weighted by Gasteiger charge is 2.16. The lowest BCUT2D eigenvalue weighted by molar-refractivity contribution is 0.0326. The fraction of sp³-hybridized carbons (Fsp3) is 0.895. The van der Waals surface area contributed by atoms with E-state index >= 15 is 0 Å². The van der Waals surface area contributed by atoms with Crippen molar-refractivity contribution < 1.29 is 9.53 Å². The normalized spacial score (nSPS) is 17.5. The average molecular weight is 363 g/mol. The van der Waals surface area contributed by atoms with E-state index in [4.69, 9.17) is 27.9 Å². The summed E-state index contributed by atoms with van der Waals surface area (Å²) in [5, 5.41) is 0. The molecule has 0 spiro atoms. The summed E-state index contributed by atoms with van der Waals surface area (Å²) in [4.78, 5) is 10.0. The molecule has 2 radical (unpaired) electrons. The molecule has 1 aliphatic rings. The van der Waals surface area contributed by atoms with Crippen LogP contribution in [-0.2, 0) is 9.53 Å². The van der Waals surface area contributed by atoms with Crippen molar-refractivity contribution in [2.45, 2.75) is 94.4 Å². The van der Waals surface area contributed by atoms with Crippen LogP contribution in [0.4, 0.5) is 0 Å². The Labute approximate surface area is 152 Å². The smallest absolute Gasteiger partial charge is 0.204 e. The van der Waals surface area contributed by atoms with Gasteiger partial charge in [-0.05, 0) is 44.9 Å². The molecule has 134 valence electrons. The SMILES string of the molecule is O=[C]C(CCCCCCCCCCOC1CC[CH]CC1)C(Cl)Cl. The minimum atomic E-state index is -0.610. The van der Waals surface area contributed by atoms with Gasteiger partial charge in [-0.2, -0.15) is 0 Å². The van der Waals surface area contributed by atoms with Crippen molar-refractivity contribution in [3.63, 3.8) is 0 Å². The second-order valence-corrected chi connectivity index (χ2v) is 7.78. The third-order valence-corrected chi connectivity index (χ3v) is 5.21. The van der Waals surface area contributed by atoms with Gasteiger partial charge in [0, 0.05) is 6.61 Å². The molecule has 1 atom stereocenters. The van der Waals surface area contributed by atoms with Gasteiger partial charge in [0.25, 0.3) is 0 Å². The van der Waals surface area contributed by atoms with Crippen molar-refractivity contribution in [3.05, 3.63) is 6.42 Å². The molecule has 1 aliphatic carbocycles. The van der Waals surface area contributed by atoms with Gasteiger partial charge >= 0.3 is 0 Å². The molecule has 0 heterocycles. The zero-order valence-electron chi connectivity index (χ0n) is 14.3. The lowest BCUT2D eigenvalue weighted by atomic mass is 9.98. The van der Waals surface area contributed by atoms with Crippen molar-refractivity contribution in [2.75, 3.05) is 6.61 Å². The molecule has 0 bridgehead atoms. The lowest BCUT2D eigenvalue weighted by Crippen LogP contribution is -2.17. The van der Waals surface area contributed by atoms with E-state index in [0.29, 0.717) is 6.10 Å². The van der Waals surface area contributed by atoms with E-state index in [1.807, 2.05) is 6.29 Å². The molecule has 0 aromatic carbocycles. The molecule has 1 unspecified atom stereocenters. The molecule has 0 saturated heterocycles. The number of rotatable bonds is 14. The summed E-state index contributed by atoms with van der Waals surface area (Å²) >= 11 is 11.4. The Bertz CT molecular complexity index is 279. The monoisotopic (exact) mass is 362 g/mol. The number of ether oxygens (including phenoxy) is 1. The lowest BCUT2D eigenvalue weighted by Gasteiger charge is -2.21. The molecular formula is C19H32Cl2O2. The number of carbonyl (C=O) groups excluding carboxylic acids is 1. The molecule has 0 aliphatic heterocycles. The van der Waals surface area contributed by atoms with Crippen LogP contribution in [0.2, 0.25) is 0 Å². The first-order valence-electron chi connectivity index (χ1n) is 9.33. The largest absolute Gasteiger partial charge is 0.378 e. The average Bonchev–Trinajstić information content (AvgIpc) is 2.56. The van der Waals surface area contributed by atoms with Crippen LogP contribution in [0.3, 0.4) is 0 Å². The first kappa shape index (κ1) is 21.3. The predicted molar refractivity (Wildman–Crippen MR) is 98.7 cm³/mol. The molecule has 0 aromatic heterocycles. The number of alkyl halides is 2. The van der Waals surface area contributed by atoms with E-state index in [9.17, 15) is 4.79 Å². The Morgan fingerprint density at radius 3 is 2.09 bits per heavy atom. The van der Waals surface area contributed by atoms with E-state index in [-0.39, 0.29) is 5.92 Å². The standard InChI is InChI=1S/C19H32Cl2O2/c20-19(21)17(16-22)12-8-5-3-1-2-4-6-11-15-23-18-13-9-7-10-14-18/h7,17-19H,1-6,8-15H2. The molecule has 0 aromatic rings. The zero-order chi connectivity index (χ0) is 16.8. The second-order valence-electron chi connectivity index (χ2n) is 6.61. The predicted octanol–water partition coefficient (Wildman–Crippen LogP) is 6.19. The van der Waals surface area contributed by atoms with Crippen LogP contribution >= 0.6 is 23.2 Å². The van der Waals surface area contributed by atoms with Crippen molar-refractivity contribution in [2.24, 2.45) is 5.92 Å². The van der Waals surface area contributed by atoms with E-state index in [2.05, 4.69) is 6.42 Å². The topological polar surface area (TPSA) is 26.3 Å². The fourth-order valence-electron chi connectivity index (χ4n) is 3.08. The summed E-state index contributed by atoms with van der Waals surface area (Å²) in [6.07, 6.45) is 20.2. The van der Waals surface area contributed by atoms with Gasteiger partial charge < -0.3 is 4.74 Å². The Morgan fingerprint density at radius 1 is 0.957 bits per heavy atom. The summed E-state index contributed by atoms with van der Waals surface area (Å²) in [5.41, 5.74) is 0. The summed E-state index contributed by atoms with van der Waals surface area (Å²) in [5.74, 6) is -0.319. The van der Waals surface area contributed by atoms with E-state index in [1.165, 1.54) is 64.2 Å². The highest BCUT2D eigenvalue weighted by atomic mass is 35.5. The summed E-state index contributed by atoms with van der Waals surface area (Å²) in [7, 11) is 0. The molecule has 2 nitrogen and oxygen atoms in total. The number of hydrogen-bond acceptors (Lipinski definition) is 2. The number of unbranched alkanes of at least 4 members (excludes halogenated alkanes) is 7.